The van der Waals surface area contributed by atoms with Gasteiger partial charge in [-0.3, -0.25) is 9.80 Å². The first-order valence-corrected chi connectivity index (χ1v) is 8.29. The van der Waals surface area contributed by atoms with E-state index in [1.165, 1.54) is 0 Å². The summed E-state index contributed by atoms with van der Waals surface area (Å²) in [5, 5.41) is 10.4. The number of imidazole rings is 1. The Morgan fingerprint density at radius 3 is 2.70 bits per heavy atom. The van der Waals surface area contributed by atoms with Gasteiger partial charge >= 0.3 is 0 Å². The Hall–Kier alpha value is -1.69. The summed E-state index contributed by atoms with van der Waals surface area (Å²) in [5.74, 6) is 1.11. The molecule has 1 N–H and O–H groups in total. The number of aryl methyl sites for hydroxylation is 1. The highest BCUT2D eigenvalue weighted by molar-refractivity contribution is 5.17. The number of nitrogens with zero attached hydrogens (tertiary/aromatic N) is 4. The van der Waals surface area contributed by atoms with Crippen molar-refractivity contribution in [3.8, 4) is 0 Å². The van der Waals surface area contributed by atoms with E-state index >= 15 is 0 Å². The van der Waals surface area contributed by atoms with Crippen LogP contribution in [-0.2, 0) is 13.6 Å². The van der Waals surface area contributed by atoms with Crippen LogP contribution in [0.1, 0.15) is 24.4 Å². The second-order valence-electron chi connectivity index (χ2n) is 6.46. The van der Waals surface area contributed by atoms with E-state index in [1.807, 2.05) is 49.8 Å². The van der Waals surface area contributed by atoms with E-state index in [0.717, 1.165) is 37.6 Å². The lowest BCUT2D eigenvalue weighted by Crippen LogP contribution is -2.52. The van der Waals surface area contributed by atoms with Crippen molar-refractivity contribution >= 4 is 0 Å². The van der Waals surface area contributed by atoms with Crippen LogP contribution in [-0.4, -0.2) is 56.7 Å². The van der Waals surface area contributed by atoms with Gasteiger partial charge < -0.3 is 9.67 Å². The van der Waals surface area contributed by atoms with Gasteiger partial charge in [-0.25, -0.2) is 4.98 Å². The van der Waals surface area contributed by atoms with Crippen LogP contribution in [0, 0.1) is 0 Å². The average Bonchev–Trinajstić information content (AvgIpc) is 2.96. The number of piperazine rings is 1. The molecule has 1 aromatic carbocycles. The number of benzene rings is 1. The molecule has 23 heavy (non-hydrogen) atoms. The zero-order valence-electron chi connectivity index (χ0n) is 14.0. The van der Waals surface area contributed by atoms with Gasteiger partial charge in [0.25, 0.3) is 0 Å². The predicted molar refractivity (Wildman–Crippen MR) is 90.9 cm³/mol. The summed E-state index contributed by atoms with van der Waals surface area (Å²) >= 11 is 0. The molecule has 0 spiro atoms. The number of rotatable bonds is 5. The topological polar surface area (TPSA) is 44.5 Å². The van der Waals surface area contributed by atoms with Crippen molar-refractivity contribution in [1.82, 2.24) is 19.4 Å². The van der Waals surface area contributed by atoms with Crippen LogP contribution in [0.4, 0.5) is 0 Å². The molecule has 3 rings (SSSR count). The summed E-state index contributed by atoms with van der Waals surface area (Å²) in [6.45, 7) is 6.82. The Kier molecular flexibility index (Phi) is 5.10. The van der Waals surface area contributed by atoms with Crippen molar-refractivity contribution in [3.63, 3.8) is 0 Å². The minimum absolute atomic E-state index is 0.413. The van der Waals surface area contributed by atoms with Gasteiger partial charge in [0.05, 0.1) is 12.6 Å². The molecule has 5 nitrogen and oxygen atoms in total. The monoisotopic (exact) mass is 314 g/mol. The number of β-amino-alcohol motifs (C(OH)–C–C–N with tert-alkyl or cyclic N) is 1. The fraction of sp³-hybridized carbons (Fsp3) is 0.500. The molecule has 0 saturated carbocycles. The Morgan fingerprint density at radius 1 is 1.26 bits per heavy atom. The summed E-state index contributed by atoms with van der Waals surface area (Å²) in [4.78, 5) is 9.24. The molecule has 0 aliphatic carbocycles. The minimum atomic E-state index is -0.413. The first-order valence-electron chi connectivity index (χ1n) is 8.29. The Balaban J connectivity index is 1.53. The summed E-state index contributed by atoms with van der Waals surface area (Å²) in [6, 6.07) is 10.4. The Bertz CT molecular complexity index is 612. The molecule has 0 amide bonds. The molecule has 0 bridgehead atoms. The molecule has 124 valence electrons. The number of hydrogen-bond acceptors (Lipinski definition) is 4. The van der Waals surface area contributed by atoms with Crippen LogP contribution in [0.25, 0.3) is 0 Å². The van der Waals surface area contributed by atoms with Gasteiger partial charge in [-0.1, -0.05) is 30.3 Å². The van der Waals surface area contributed by atoms with E-state index in [0.29, 0.717) is 12.6 Å². The van der Waals surface area contributed by atoms with E-state index in [9.17, 15) is 5.11 Å². The van der Waals surface area contributed by atoms with Gasteiger partial charge in [-0.05, 0) is 12.5 Å². The molecule has 1 aliphatic rings. The van der Waals surface area contributed by atoms with E-state index in [2.05, 4.69) is 26.3 Å². The molecular formula is C18H26N4O. The van der Waals surface area contributed by atoms with Crippen LogP contribution in [0.3, 0.4) is 0 Å². The summed E-state index contributed by atoms with van der Waals surface area (Å²) in [6.07, 6.45) is 3.43. The summed E-state index contributed by atoms with van der Waals surface area (Å²) in [5.41, 5.74) is 0.996. The lowest BCUT2D eigenvalue weighted by molar-refractivity contribution is 0.0402. The molecule has 1 aromatic heterocycles. The zero-order valence-corrected chi connectivity index (χ0v) is 14.0. The molecular weight excluding hydrogens is 288 g/mol. The van der Waals surface area contributed by atoms with Gasteiger partial charge in [0.1, 0.15) is 5.82 Å². The number of aliphatic hydroxyl groups excluding tert-OH is 1. The van der Waals surface area contributed by atoms with E-state index in [1.54, 1.807) is 0 Å². The van der Waals surface area contributed by atoms with Crippen molar-refractivity contribution in [2.45, 2.75) is 25.6 Å². The number of hydrogen-bond donors (Lipinski definition) is 1. The van der Waals surface area contributed by atoms with Crippen molar-refractivity contribution in [2.24, 2.45) is 7.05 Å². The lowest BCUT2D eigenvalue weighted by Gasteiger charge is -2.40. The maximum atomic E-state index is 10.4. The van der Waals surface area contributed by atoms with Gasteiger partial charge in [-0.15, -0.1) is 0 Å². The average molecular weight is 314 g/mol. The van der Waals surface area contributed by atoms with Gasteiger partial charge in [0.15, 0.2) is 0 Å². The number of aliphatic hydroxyl groups is 1. The largest absolute Gasteiger partial charge is 0.387 e. The lowest BCUT2D eigenvalue weighted by atomic mass is 10.1. The van der Waals surface area contributed by atoms with E-state index in [4.69, 9.17) is 0 Å². The highest BCUT2D eigenvalue weighted by Crippen LogP contribution is 2.18. The summed E-state index contributed by atoms with van der Waals surface area (Å²) in [7, 11) is 2.04. The van der Waals surface area contributed by atoms with Gasteiger partial charge in [-0.2, -0.15) is 0 Å². The van der Waals surface area contributed by atoms with Crippen LogP contribution < -0.4 is 0 Å². The second-order valence-corrected chi connectivity index (χ2v) is 6.46. The van der Waals surface area contributed by atoms with Crippen molar-refractivity contribution in [2.75, 3.05) is 26.2 Å². The number of aromatic nitrogens is 2. The Morgan fingerprint density at radius 2 is 2.04 bits per heavy atom. The van der Waals surface area contributed by atoms with Crippen LogP contribution >= 0.6 is 0 Å². The zero-order chi connectivity index (χ0) is 16.2. The molecule has 1 saturated heterocycles. The smallest absolute Gasteiger partial charge is 0.122 e. The van der Waals surface area contributed by atoms with Crippen LogP contribution in [0.2, 0.25) is 0 Å². The highest BCUT2D eigenvalue weighted by Gasteiger charge is 2.26. The molecule has 1 aliphatic heterocycles. The molecule has 0 radical (unpaired) electrons. The fourth-order valence-corrected chi connectivity index (χ4v) is 3.23. The third-order valence-electron chi connectivity index (χ3n) is 4.73. The Labute approximate surface area is 138 Å². The highest BCUT2D eigenvalue weighted by atomic mass is 16.3. The first kappa shape index (κ1) is 16.2. The molecule has 2 atom stereocenters. The first-order chi connectivity index (χ1) is 11.1. The maximum absolute atomic E-state index is 10.4. The molecule has 2 heterocycles. The standard InChI is InChI=1S/C18H26N4O/c1-15-12-21(13-17(23)16-6-4-3-5-7-16)10-11-22(15)14-18-19-8-9-20(18)2/h3-9,15,17,23H,10-14H2,1-2H3/t15-,17+/m0/s1. The van der Waals surface area contributed by atoms with Crippen molar-refractivity contribution < 1.29 is 5.11 Å². The molecule has 2 aromatic rings. The van der Waals surface area contributed by atoms with Crippen LogP contribution in [0.15, 0.2) is 42.7 Å². The quantitative estimate of drug-likeness (QED) is 0.912. The second kappa shape index (κ2) is 7.25. The third kappa shape index (κ3) is 3.99. The predicted octanol–water partition coefficient (Wildman–Crippen LogP) is 1.66. The molecule has 5 heteroatoms. The maximum Gasteiger partial charge on any atom is 0.122 e. The van der Waals surface area contributed by atoms with Crippen molar-refractivity contribution in [3.05, 3.63) is 54.1 Å². The van der Waals surface area contributed by atoms with Gasteiger partial charge in [0.2, 0.25) is 0 Å². The fourth-order valence-electron chi connectivity index (χ4n) is 3.23. The third-order valence-corrected chi connectivity index (χ3v) is 4.73. The molecule has 0 unspecified atom stereocenters. The van der Waals surface area contributed by atoms with Crippen molar-refractivity contribution in [1.29, 1.82) is 0 Å². The SMILES string of the molecule is C[C@H]1CN(C[C@@H](O)c2ccccc2)CCN1Cc1nccn1C. The van der Waals surface area contributed by atoms with Crippen LogP contribution in [0.5, 0.6) is 0 Å². The minimum Gasteiger partial charge on any atom is -0.387 e. The normalized spacial score (nSPS) is 21.4. The van der Waals surface area contributed by atoms with E-state index < -0.39 is 6.10 Å². The molecule has 1 fully saturated rings. The summed E-state index contributed by atoms with van der Waals surface area (Å²) < 4.78 is 2.08. The van der Waals surface area contributed by atoms with Gasteiger partial charge in [0, 0.05) is 51.7 Å². The van der Waals surface area contributed by atoms with E-state index in [-0.39, 0.29) is 0 Å².